The molecule has 0 radical (unpaired) electrons. The zero-order valence-electron chi connectivity index (χ0n) is 26.6. The van der Waals surface area contributed by atoms with Gasteiger partial charge in [0.15, 0.2) is 18.2 Å². The zero-order chi connectivity index (χ0) is 36.9. The molecule has 11 N–H and O–H groups in total. The monoisotopic (exact) mass is 726 g/mol. The van der Waals surface area contributed by atoms with Gasteiger partial charge in [-0.25, -0.2) is 0 Å². The van der Waals surface area contributed by atoms with Crippen LogP contribution in [-0.4, -0.2) is 155 Å². The molecule has 51 heavy (non-hydrogen) atoms. The topological polar surface area (TPSA) is 308 Å². The fraction of sp³-hybridized carbons (Fsp3) is 0.531. The Bertz CT molecular complexity index is 1730. The van der Waals surface area contributed by atoms with Crippen LogP contribution in [0.5, 0.6) is 23.0 Å². The largest absolute Gasteiger partial charge is 0.508 e. The maximum atomic E-state index is 14.1. The molecule has 14 atom stereocenters. The number of benzene rings is 2. The third kappa shape index (κ3) is 7.09. The van der Waals surface area contributed by atoms with Gasteiger partial charge in [0.1, 0.15) is 83.2 Å². The molecule has 4 heterocycles. The first-order valence-electron chi connectivity index (χ1n) is 15.8. The molecule has 19 heteroatoms. The number of aromatic hydroxyl groups is 2. The third-order valence-electron chi connectivity index (χ3n) is 8.90. The molecular formula is C32H38O19. The van der Waals surface area contributed by atoms with Gasteiger partial charge in [-0.1, -0.05) is 0 Å². The van der Waals surface area contributed by atoms with Crippen LogP contribution in [0.4, 0.5) is 0 Å². The summed E-state index contributed by atoms with van der Waals surface area (Å²) in [6.07, 6.45) is -22.8. The van der Waals surface area contributed by atoms with Crippen molar-refractivity contribution in [3.63, 3.8) is 0 Å². The summed E-state index contributed by atoms with van der Waals surface area (Å²) >= 11 is 0. The van der Waals surface area contributed by atoms with Gasteiger partial charge in [0, 0.05) is 17.7 Å². The van der Waals surface area contributed by atoms with Gasteiger partial charge < -0.3 is 89.0 Å². The minimum atomic E-state index is -1.92. The maximum Gasteiger partial charge on any atom is 0.239 e. The van der Waals surface area contributed by atoms with Crippen molar-refractivity contribution < 1.29 is 89.0 Å². The van der Waals surface area contributed by atoms with Crippen LogP contribution in [-0.2, 0) is 18.9 Å². The average Bonchev–Trinajstić information content (AvgIpc) is 3.10. The molecule has 3 aliphatic rings. The summed E-state index contributed by atoms with van der Waals surface area (Å²) in [6, 6.07) is 7.35. The van der Waals surface area contributed by atoms with E-state index in [1.165, 1.54) is 31.2 Å². The van der Waals surface area contributed by atoms with Gasteiger partial charge in [-0.05, 0) is 31.2 Å². The second kappa shape index (κ2) is 14.8. The van der Waals surface area contributed by atoms with E-state index in [0.29, 0.717) is 0 Å². The number of phenolic OH excluding ortho intramolecular Hbond substituents is 2. The highest BCUT2D eigenvalue weighted by Gasteiger charge is 2.50. The lowest BCUT2D eigenvalue weighted by molar-refractivity contribution is -0.345. The van der Waals surface area contributed by atoms with Crippen molar-refractivity contribution >= 4 is 11.0 Å². The van der Waals surface area contributed by atoms with Crippen LogP contribution in [0.25, 0.3) is 22.3 Å². The van der Waals surface area contributed by atoms with Crippen LogP contribution in [0.15, 0.2) is 45.6 Å². The molecule has 6 rings (SSSR count). The SMILES string of the molecule is CC1OC(Oc2cc(O)c3c(=O)c(OC4OC(CO)C(O)C(O)C4OC4OCC(O)C(O)C4O)c(-c4ccc(O)cc4)oc3c2)C(O)C(O)C1O. The Hall–Kier alpha value is -3.67. The number of phenols is 2. The molecule has 3 fully saturated rings. The van der Waals surface area contributed by atoms with Crippen LogP contribution in [0.1, 0.15) is 6.92 Å². The molecule has 0 spiro atoms. The summed E-state index contributed by atoms with van der Waals surface area (Å²) < 4.78 is 39.7. The Morgan fingerprint density at radius 3 is 2.14 bits per heavy atom. The van der Waals surface area contributed by atoms with Gasteiger partial charge in [0.2, 0.25) is 23.8 Å². The minimum Gasteiger partial charge on any atom is -0.508 e. The normalized spacial score (nSPS) is 37.3. The number of aliphatic hydroxyl groups excluding tert-OH is 9. The van der Waals surface area contributed by atoms with E-state index in [1.54, 1.807) is 0 Å². The van der Waals surface area contributed by atoms with E-state index < -0.39 is 122 Å². The van der Waals surface area contributed by atoms with E-state index in [2.05, 4.69) is 0 Å². The van der Waals surface area contributed by atoms with Crippen molar-refractivity contribution in [2.24, 2.45) is 0 Å². The van der Waals surface area contributed by atoms with E-state index in [0.717, 1.165) is 12.1 Å². The number of hydrogen-bond acceptors (Lipinski definition) is 19. The molecule has 19 nitrogen and oxygen atoms in total. The third-order valence-corrected chi connectivity index (χ3v) is 8.90. The molecular weight excluding hydrogens is 688 g/mol. The fourth-order valence-corrected chi connectivity index (χ4v) is 5.95. The first-order chi connectivity index (χ1) is 24.2. The number of fused-ring (bicyclic) bond motifs is 1. The summed E-state index contributed by atoms with van der Waals surface area (Å²) in [7, 11) is 0. The Morgan fingerprint density at radius 1 is 0.765 bits per heavy atom. The van der Waals surface area contributed by atoms with Gasteiger partial charge in [-0.3, -0.25) is 4.79 Å². The van der Waals surface area contributed by atoms with Crippen molar-refractivity contribution in [1.29, 1.82) is 0 Å². The summed E-state index contributed by atoms with van der Waals surface area (Å²) in [5.41, 5.74) is -1.20. The lowest BCUT2D eigenvalue weighted by atomic mass is 9.98. The predicted molar refractivity (Wildman–Crippen MR) is 165 cm³/mol. The number of rotatable bonds is 8. The highest BCUT2D eigenvalue weighted by molar-refractivity contribution is 5.88. The van der Waals surface area contributed by atoms with Gasteiger partial charge in [0.25, 0.3) is 0 Å². The van der Waals surface area contributed by atoms with Crippen molar-refractivity contribution in [1.82, 2.24) is 0 Å². The first-order valence-corrected chi connectivity index (χ1v) is 15.8. The molecule has 0 saturated carbocycles. The fourth-order valence-electron chi connectivity index (χ4n) is 5.95. The van der Waals surface area contributed by atoms with Gasteiger partial charge in [-0.15, -0.1) is 0 Å². The van der Waals surface area contributed by atoms with Crippen LogP contribution in [0.2, 0.25) is 0 Å². The molecule has 3 aliphatic heterocycles. The van der Waals surface area contributed by atoms with Gasteiger partial charge in [-0.2, -0.15) is 0 Å². The molecule has 3 saturated heterocycles. The van der Waals surface area contributed by atoms with Crippen molar-refractivity contribution in [2.45, 2.75) is 92.9 Å². The van der Waals surface area contributed by atoms with Crippen LogP contribution < -0.4 is 14.9 Å². The molecule has 14 unspecified atom stereocenters. The van der Waals surface area contributed by atoms with Crippen molar-refractivity contribution in [3.8, 4) is 34.3 Å². The first kappa shape index (κ1) is 37.1. The van der Waals surface area contributed by atoms with E-state index in [9.17, 15) is 61.0 Å². The van der Waals surface area contributed by atoms with Crippen LogP contribution in [0.3, 0.4) is 0 Å². The summed E-state index contributed by atoms with van der Waals surface area (Å²) in [6.45, 7) is 0.106. The summed E-state index contributed by atoms with van der Waals surface area (Å²) in [5, 5.41) is 113. The standard InChI is InChI=1S/C32H38O19/c1-10-19(37)23(41)26(44)31(46-10)47-13-6-14(35)18-16(7-13)48-27(11-2-4-12(34)5-3-11)28(22(18)40)50-32-29(24(42)21(39)17(8-33)49-32)51-30-25(43)20(38)15(36)9-45-30/h2-7,10,15,17,19-21,23-26,29-39,41-44H,8-9H2,1H3. The molecule has 0 aliphatic carbocycles. The molecule has 1 aromatic heterocycles. The van der Waals surface area contributed by atoms with E-state index in [1.807, 2.05) is 0 Å². The Labute approximate surface area is 287 Å². The minimum absolute atomic E-state index is 0.125. The highest BCUT2D eigenvalue weighted by Crippen LogP contribution is 2.39. The Balaban J connectivity index is 1.41. The summed E-state index contributed by atoms with van der Waals surface area (Å²) in [4.78, 5) is 14.1. The van der Waals surface area contributed by atoms with Crippen molar-refractivity contribution in [3.05, 3.63) is 46.6 Å². The van der Waals surface area contributed by atoms with E-state index in [4.69, 9.17) is 32.8 Å². The number of ether oxygens (including phenoxy) is 6. The molecule has 0 amide bonds. The Kier molecular flexibility index (Phi) is 10.7. The predicted octanol–water partition coefficient (Wildman–Crippen LogP) is -3.28. The lowest BCUT2D eigenvalue weighted by Crippen LogP contribution is -2.64. The molecule has 280 valence electrons. The molecule has 2 aromatic carbocycles. The zero-order valence-corrected chi connectivity index (χ0v) is 26.6. The average molecular weight is 727 g/mol. The molecule has 0 bridgehead atoms. The Morgan fingerprint density at radius 2 is 1.45 bits per heavy atom. The highest BCUT2D eigenvalue weighted by atomic mass is 16.8. The second-order valence-corrected chi connectivity index (χ2v) is 12.4. The second-order valence-electron chi connectivity index (χ2n) is 12.4. The van der Waals surface area contributed by atoms with Gasteiger partial charge >= 0.3 is 0 Å². The molecule has 3 aromatic rings. The van der Waals surface area contributed by atoms with Crippen LogP contribution >= 0.6 is 0 Å². The lowest BCUT2D eigenvalue weighted by Gasteiger charge is -2.44. The quantitative estimate of drug-likeness (QED) is 0.108. The number of hydrogen-bond donors (Lipinski definition) is 11. The van der Waals surface area contributed by atoms with Crippen molar-refractivity contribution in [2.75, 3.05) is 13.2 Å². The summed E-state index contributed by atoms with van der Waals surface area (Å²) in [5.74, 6) is -2.06. The van der Waals surface area contributed by atoms with E-state index in [-0.39, 0.29) is 28.4 Å². The van der Waals surface area contributed by atoms with Crippen LogP contribution in [0, 0.1) is 0 Å². The maximum absolute atomic E-state index is 14.1. The number of aliphatic hydroxyl groups is 9. The van der Waals surface area contributed by atoms with E-state index >= 15 is 0 Å². The smallest absolute Gasteiger partial charge is 0.239 e. The van der Waals surface area contributed by atoms with Gasteiger partial charge in [0.05, 0.1) is 19.3 Å².